The monoisotopic (exact) mass is 331 g/mol. The van der Waals surface area contributed by atoms with Crippen LogP contribution < -0.4 is 5.32 Å². The molecule has 0 spiro atoms. The molecule has 5 heteroatoms. The third kappa shape index (κ3) is 3.13. The molecule has 0 aromatic carbocycles. The Kier molecular flexibility index (Phi) is 4.81. The molecule has 3 nitrogen and oxygen atoms in total. The lowest BCUT2D eigenvalue weighted by molar-refractivity contribution is -0.158. The van der Waals surface area contributed by atoms with Crippen LogP contribution in [-0.2, 0) is 16.0 Å². The summed E-state index contributed by atoms with van der Waals surface area (Å²) in [5, 5.41) is 5.49. The van der Waals surface area contributed by atoms with Gasteiger partial charge in [0.25, 0.3) is 0 Å². The van der Waals surface area contributed by atoms with Crippen LogP contribution >= 0.6 is 27.3 Å². The van der Waals surface area contributed by atoms with Crippen LogP contribution in [-0.4, -0.2) is 26.2 Å². The molecule has 1 heterocycles. The standard InChI is InChI=1S/C13H18BrNO2S/c1-17-12(16)13(4-2-5-13)9-15-6-3-11-7-10(14)8-18-11/h7-8,15H,2-6,9H2,1H3. The van der Waals surface area contributed by atoms with Gasteiger partial charge in [-0.1, -0.05) is 6.42 Å². The molecule has 0 radical (unpaired) electrons. The smallest absolute Gasteiger partial charge is 0.313 e. The summed E-state index contributed by atoms with van der Waals surface area (Å²) in [5.74, 6) is -0.0554. The van der Waals surface area contributed by atoms with Crippen LogP contribution in [0, 0.1) is 5.41 Å². The SMILES string of the molecule is COC(=O)C1(CNCCc2cc(Br)cs2)CCC1. The van der Waals surface area contributed by atoms with Gasteiger partial charge in [-0.2, -0.15) is 0 Å². The molecule has 1 N–H and O–H groups in total. The van der Waals surface area contributed by atoms with Gasteiger partial charge in [0.15, 0.2) is 0 Å². The van der Waals surface area contributed by atoms with Crippen LogP contribution in [0.5, 0.6) is 0 Å². The molecule has 2 rings (SSSR count). The average molecular weight is 332 g/mol. The van der Waals surface area contributed by atoms with Gasteiger partial charge in [-0.05, 0) is 47.8 Å². The third-order valence-electron chi connectivity index (χ3n) is 3.56. The van der Waals surface area contributed by atoms with Gasteiger partial charge in [0, 0.05) is 21.3 Å². The van der Waals surface area contributed by atoms with E-state index in [0.717, 1.165) is 43.2 Å². The van der Waals surface area contributed by atoms with Crippen LogP contribution in [0.4, 0.5) is 0 Å². The van der Waals surface area contributed by atoms with Crippen molar-refractivity contribution >= 4 is 33.2 Å². The van der Waals surface area contributed by atoms with Crippen molar-refractivity contribution in [1.29, 1.82) is 0 Å². The molecule has 0 unspecified atom stereocenters. The van der Waals surface area contributed by atoms with Gasteiger partial charge < -0.3 is 10.1 Å². The minimum Gasteiger partial charge on any atom is -0.469 e. The number of ether oxygens (including phenoxy) is 1. The first-order valence-electron chi connectivity index (χ1n) is 6.18. The van der Waals surface area contributed by atoms with Crippen LogP contribution in [0.2, 0.25) is 0 Å². The number of carbonyl (C=O) groups is 1. The summed E-state index contributed by atoms with van der Waals surface area (Å²) in [6.45, 7) is 1.65. The van der Waals surface area contributed by atoms with E-state index in [2.05, 4.69) is 32.7 Å². The number of methoxy groups -OCH3 is 1. The van der Waals surface area contributed by atoms with Crippen LogP contribution in [0.1, 0.15) is 24.1 Å². The van der Waals surface area contributed by atoms with E-state index in [1.807, 2.05) is 0 Å². The van der Waals surface area contributed by atoms with Crippen LogP contribution in [0.3, 0.4) is 0 Å². The normalized spacial score (nSPS) is 17.2. The van der Waals surface area contributed by atoms with Gasteiger partial charge in [-0.25, -0.2) is 0 Å². The number of rotatable bonds is 6. The fraction of sp³-hybridized carbons (Fsp3) is 0.615. The lowest BCUT2D eigenvalue weighted by Crippen LogP contribution is -2.47. The lowest BCUT2D eigenvalue weighted by atomic mass is 9.68. The first-order valence-corrected chi connectivity index (χ1v) is 7.86. The number of carbonyl (C=O) groups excluding carboxylic acids is 1. The summed E-state index contributed by atoms with van der Waals surface area (Å²) in [7, 11) is 1.48. The molecule has 1 aromatic heterocycles. The molecule has 100 valence electrons. The molecule has 1 aliphatic carbocycles. The Morgan fingerprint density at radius 3 is 2.89 bits per heavy atom. The molecular weight excluding hydrogens is 314 g/mol. The second-order valence-corrected chi connectivity index (χ2v) is 6.69. The second-order valence-electron chi connectivity index (χ2n) is 4.78. The number of esters is 1. The number of nitrogens with one attached hydrogen (secondary N) is 1. The Morgan fingerprint density at radius 1 is 1.61 bits per heavy atom. The molecular formula is C13H18BrNO2S. The number of thiophene rings is 1. The fourth-order valence-corrected chi connectivity index (χ4v) is 3.75. The largest absolute Gasteiger partial charge is 0.469 e. The Hall–Kier alpha value is -0.390. The van der Waals surface area contributed by atoms with Gasteiger partial charge in [0.05, 0.1) is 12.5 Å². The van der Waals surface area contributed by atoms with Gasteiger partial charge >= 0.3 is 5.97 Å². The predicted molar refractivity (Wildman–Crippen MR) is 76.9 cm³/mol. The topological polar surface area (TPSA) is 38.3 Å². The van der Waals surface area contributed by atoms with E-state index in [0.29, 0.717) is 0 Å². The van der Waals surface area contributed by atoms with Crippen molar-refractivity contribution in [3.8, 4) is 0 Å². The first kappa shape index (κ1) is 14.0. The van der Waals surface area contributed by atoms with E-state index in [9.17, 15) is 4.79 Å². The van der Waals surface area contributed by atoms with Crippen molar-refractivity contribution in [3.05, 3.63) is 20.8 Å². The molecule has 0 saturated heterocycles. The third-order valence-corrected chi connectivity index (χ3v) is 5.32. The zero-order valence-corrected chi connectivity index (χ0v) is 12.9. The van der Waals surface area contributed by atoms with Crippen molar-refractivity contribution in [2.24, 2.45) is 5.41 Å². The maximum atomic E-state index is 11.7. The molecule has 1 fully saturated rings. The van der Waals surface area contributed by atoms with E-state index in [-0.39, 0.29) is 11.4 Å². The highest BCUT2D eigenvalue weighted by Crippen LogP contribution is 2.41. The fourth-order valence-electron chi connectivity index (χ4n) is 2.30. The summed E-state index contributed by atoms with van der Waals surface area (Å²) >= 11 is 5.21. The Balaban J connectivity index is 1.73. The molecule has 0 aliphatic heterocycles. The summed E-state index contributed by atoms with van der Waals surface area (Å²) in [6, 6.07) is 2.14. The van der Waals surface area contributed by atoms with Gasteiger partial charge in [-0.3, -0.25) is 4.79 Å². The Morgan fingerprint density at radius 2 is 2.39 bits per heavy atom. The number of halogens is 1. The van der Waals surface area contributed by atoms with E-state index in [1.165, 1.54) is 12.0 Å². The molecule has 0 amide bonds. The van der Waals surface area contributed by atoms with Crippen molar-refractivity contribution in [3.63, 3.8) is 0 Å². The van der Waals surface area contributed by atoms with Crippen LogP contribution in [0.25, 0.3) is 0 Å². The van der Waals surface area contributed by atoms with Crippen molar-refractivity contribution in [2.75, 3.05) is 20.2 Å². The highest BCUT2D eigenvalue weighted by molar-refractivity contribution is 9.10. The van der Waals surface area contributed by atoms with Gasteiger partial charge in [-0.15, -0.1) is 11.3 Å². The highest BCUT2D eigenvalue weighted by Gasteiger charge is 2.44. The van der Waals surface area contributed by atoms with Crippen LogP contribution in [0.15, 0.2) is 15.9 Å². The summed E-state index contributed by atoms with van der Waals surface area (Å²) in [6.07, 6.45) is 4.05. The second kappa shape index (κ2) is 6.17. The minimum absolute atomic E-state index is 0.0554. The lowest BCUT2D eigenvalue weighted by Gasteiger charge is -2.38. The minimum atomic E-state index is -0.245. The van der Waals surface area contributed by atoms with Gasteiger partial charge in [0.1, 0.15) is 0 Å². The number of hydrogen-bond donors (Lipinski definition) is 1. The van der Waals surface area contributed by atoms with E-state index >= 15 is 0 Å². The predicted octanol–water partition coefficient (Wildman–Crippen LogP) is 2.99. The van der Waals surface area contributed by atoms with E-state index in [4.69, 9.17) is 4.74 Å². The quantitative estimate of drug-likeness (QED) is 0.643. The van der Waals surface area contributed by atoms with Crippen molar-refractivity contribution in [2.45, 2.75) is 25.7 Å². The molecule has 0 atom stereocenters. The van der Waals surface area contributed by atoms with Crippen molar-refractivity contribution < 1.29 is 9.53 Å². The first-order chi connectivity index (χ1) is 8.66. The zero-order chi connectivity index (χ0) is 13.0. The molecule has 1 saturated carbocycles. The van der Waals surface area contributed by atoms with E-state index in [1.54, 1.807) is 11.3 Å². The van der Waals surface area contributed by atoms with Gasteiger partial charge in [0.2, 0.25) is 0 Å². The molecule has 1 aromatic rings. The Labute approximate surface area is 120 Å². The summed E-state index contributed by atoms with van der Waals surface area (Å²) in [4.78, 5) is 13.1. The summed E-state index contributed by atoms with van der Waals surface area (Å²) in [5.41, 5.74) is -0.245. The zero-order valence-electron chi connectivity index (χ0n) is 10.5. The number of hydrogen-bond acceptors (Lipinski definition) is 4. The molecule has 1 aliphatic rings. The summed E-state index contributed by atoms with van der Waals surface area (Å²) < 4.78 is 6.04. The van der Waals surface area contributed by atoms with Crippen molar-refractivity contribution in [1.82, 2.24) is 5.32 Å². The molecule has 18 heavy (non-hydrogen) atoms. The Bertz CT molecular complexity index is 415. The maximum Gasteiger partial charge on any atom is 0.313 e. The van der Waals surface area contributed by atoms with E-state index < -0.39 is 0 Å². The maximum absolute atomic E-state index is 11.7. The average Bonchev–Trinajstić information content (AvgIpc) is 2.72. The highest BCUT2D eigenvalue weighted by atomic mass is 79.9. The molecule has 0 bridgehead atoms.